The van der Waals surface area contributed by atoms with Crippen LogP contribution in [0.2, 0.25) is 0 Å². The van der Waals surface area contributed by atoms with E-state index in [-0.39, 0.29) is 0 Å². The number of hydrogen-bond donors (Lipinski definition) is 0. The largest absolute Gasteiger partial charge is 0.474 e. The smallest absolute Gasteiger partial charge is 0.381 e. The highest BCUT2D eigenvalue weighted by Gasteiger charge is 2.26. The minimum Gasteiger partial charge on any atom is -0.381 e. The molecular weight excluding hydrogens is 611 g/mol. The zero-order chi connectivity index (χ0) is 34.2. The lowest BCUT2D eigenvalue weighted by molar-refractivity contribution is 0.108. The van der Waals surface area contributed by atoms with Crippen molar-refractivity contribution in [1.29, 1.82) is 0 Å². The van der Waals surface area contributed by atoms with E-state index in [9.17, 15) is 4.57 Å². The number of phosphoric acid groups is 1. The molecule has 0 atom stereocenters. The van der Waals surface area contributed by atoms with E-state index in [1.807, 2.05) is 0 Å². The Morgan fingerprint density at radius 1 is 0.277 bits per heavy atom. The first-order chi connectivity index (χ1) is 23.2. The second-order valence-corrected chi connectivity index (χ2v) is 14.9. The van der Waals surface area contributed by atoms with E-state index in [0.29, 0.717) is 19.8 Å². The lowest BCUT2D eigenvalue weighted by Crippen LogP contribution is -2.04. The summed E-state index contributed by atoms with van der Waals surface area (Å²) in [6.45, 7) is 13.2. The molecule has 8 heteroatoms. The Labute approximate surface area is 293 Å². The highest BCUT2D eigenvalue weighted by atomic mass is 31.2. The van der Waals surface area contributed by atoms with Crippen LogP contribution in [-0.2, 0) is 32.3 Å². The summed E-state index contributed by atoms with van der Waals surface area (Å²) in [5.74, 6) is 0. The van der Waals surface area contributed by atoms with E-state index in [4.69, 9.17) is 27.8 Å². The molecule has 0 bridgehead atoms. The van der Waals surface area contributed by atoms with Crippen LogP contribution in [0.15, 0.2) is 0 Å². The quantitative estimate of drug-likeness (QED) is 0.0466. The van der Waals surface area contributed by atoms with Crippen molar-refractivity contribution in [2.75, 3.05) is 59.5 Å². The summed E-state index contributed by atoms with van der Waals surface area (Å²) in [4.78, 5) is 0. The summed E-state index contributed by atoms with van der Waals surface area (Å²) < 4.78 is 47.5. The molecule has 0 saturated carbocycles. The zero-order valence-corrected chi connectivity index (χ0v) is 32.7. The van der Waals surface area contributed by atoms with E-state index < -0.39 is 7.82 Å². The maximum atomic E-state index is 13.4. The molecule has 0 radical (unpaired) electrons. The molecule has 284 valence electrons. The molecule has 47 heavy (non-hydrogen) atoms. The molecule has 0 aliphatic carbocycles. The minimum absolute atomic E-state index is 0.443. The van der Waals surface area contributed by atoms with Crippen molar-refractivity contribution in [3.05, 3.63) is 0 Å². The average Bonchev–Trinajstić information content (AvgIpc) is 3.07. The van der Waals surface area contributed by atoms with Crippen LogP contribution in [0.3, 0.4) is 0 Å². The molecule has 0 aliphatic heterocycles. The molecule has 0 aromatic rings. The minimum atomic E-state index is -3.50. The summed E-state index contributed by atoms with van der Waals surface area (Å²) in [7, 11) is -3.50. The average molecular weight is 693 g/mol. The van der Waals surface area contributed by atoms with Gasteiger partial charge in [-0.05, 0) is 57.8 Å². The predicted octanol–water partition coefficient (Wildman–Crippen LogP) is 12.8. The van der Waals surface area contributed by atoms with Gasteiger partial charge in [-0.25, -0.2) is 4.57 Å². The van der Waals surface area contributed by atoms with E-state index >= 15 is 0 Å². The van der Waals surface area contributed by atoms with Crippen LogP contribution >= 0.6 is 7.82 Å². The van der Waals surface area contributed by atoms with Gasteiger partial charge < -0.3 is 14.2 Å². The van der Waals surface area contributed by atoms with Crippen molar-refractivity contribution in [3.8, 4) is 0 Å². The molecule has 0 aromatic heterocycles. The second kappa shape index (κ2) is 40.4. The van der Waals surface area contributed by atoms with E-state index in [1.165, 1.54) is 116 Å². The Morgan fingerprint density at radius 3 is 0.681 bits per heavy atom. The van der Waals surface area contributed by atoms with Gasteiger partial charge in [-0.15, -0.1) is 0 Å². The number of ether oxygens (including phenoxy) is 3. The van der Waals surface area contributed by atoms with Crippen LogP contribution in [-0.4, -0.2) is 59.5 Å². The third-order valence-electron chi connectivity index (χ3n) is 8.34. The zero-order valence-electron chi connectivity index (χ0n) is 31.8. The van der Waals surface area contributed by atoms with Crippen molar-refractivity contribution < 1.29 is 32.3 Å². The molecule has 0 aromatic carbocycles. The Balaban J connectivity index is 4.08. The van der Waals surface area contributed by atoms with Crippen LogP contribution in [0.25, 0.3) is 0 Å². The van der Waals surface area contributed by atoms with Crippen molar-refractivity contribution >= 4 is 7.82 Å². The molecular formula is C39H81O7P. The van der Waals surface area contributed by atoms with Gasteiger partial charge in [0, 0.05) is 39.6 Å². The maximum Gasteiger partial charge on any atom is 0.474 e. The molecule has 0 amide bonds. The summed E-state index contributed by atoms with van der Waals surface area (Å²) in [5.41, 5.74) is 0. The lowest BCUT2D eigenvalue weighted by atomic mass is 10.1. The van der Waals surface area contributed by atoms with Gasteiger partial charge in [-0.1, -0.05) is 136 Å². The normalized spacial score (nSPS) is 12.0. The highest BCUT2D eigenvalue weighted by Crippen LogP contribution is 2.50. The van der Waals surface area contributed by atoms with E-state index in [0.717, 1.165) is 97.4 Å². The predicted molar refractivity (Wildman–Crippen MR) is 200 cm³/mol. The van der Waals surface area contributed by atoms with Crippen molar-refractivity contribution in [3.63, 3.8) is 0 Å². The van der Waals surface area contributed by atoms with Crippen molar-refractivity contribution in [2.24, 2.45) is 0 Å². The SMILES string of the molecule is CCCOCCCCCCCCCCOP(=O)(OCCCCCCCCCCOCCC)OCCCCCCCCCCOCCC. The fraction of sp³-hybridized carbons (Fsp3) is 1.00. The Morgan fingerprint density at radius 2 is 0.468 bits per heavy atom. The fourth-order valence-electron chi connectivity index (χ4n) is 5.48. The summed E-state index contributed by atoms with van der Waals surface area (Å²) in [6, 6.07) is 0. The molecule has 0 saturated heterocycles. The van der Waals surface area contributed by atoms with Gasteiger partial charge in [0.15, 0.2) is 0 Å². The molecule has 0 rings (SSSR count). The third-order valence-corrected chi connectivity index (χ3v) is 9.84. The standard InChI is InChI=1S/C39H81O7P/c1-4-31-41-34-25-19-13-7-10-16-22-28-37-44-47(40,45-38-29-23-17-11-8-14-20-26-35-42-32-5-2)46-39-30-24-18-12-9-15-21-27-36-43-33-6-3/h4-39H2,1-3H3. The van der Waals surface area contributed by atoms with Crippen LogP contribution in [0.4, 0.5) is 0 Å². The summed E-state index contributed by atoms with van der Waals surface area (Å²) >= 11 is 0. The first-order valence-electron chi connectivity index (χ1n) is 20.4. The van der Waals surface area contributed by atoms with Crippen LogP contribution in [0.5, 0.6) is 0 Å². The number of hydrogen-bond acceptors (Lipinski definition) is 7. The molecule has 7 nitrogen and oxygen atoms in total. The monoisotopic (exact) mass is 693 g/mol. The highest BCUT2D eigenvalue weighted by molar-refractivity contribution is 7.48. The third kappa shape index (κ3) is 38.6. The summed E-state index contributed by atoms with van der Waals surface area (Å²) in [5, 5.41) is 0. The van der Waals surface area contributed by atoms with Gasteiger partial charge in [0.05, 0.1) is 19.8 Å². The van der Waals surface area contributed by atoms with Crippen LogP contribution in [0.1, 0.15) is 194 Å². The molecule has 0 N–H and O–H groups in total. The molecule has 0 aliphatic rings. The molecule has 0 heterocycles. The first kappa shape index (κ1) is 47.0. The fourth-order valence-corrected chi connectivity index (χ4v) is 6.76. The first-order valence-corrected chi connectivity index (χ1v) is 21.9. The number of rotatable bonds is 42. The number of unbranched alkanes of at least 4 members (excludes halogenated alkanes) is 21. The van der Waals surface area contributed by atoms with Gasteiger partial charge in [0.25, 0.3) is 0 Å². The molecule has 0 fully saturated rings. The Kier molecular flexibility index (Phi) is 40.4. The summed E-state index contributed by atoms with van der Waals surface area (Å²) in [6.07, 6.45) is 31.6. The Bertz CT molecular complexity index is 541. The van der Waals surface area contributed by atoms with Gasteiger partial charge in [-0.3, -0.25) is 13.6 Å². The van der Waals surface area contributed by atoms with Gasteiger partial charge >= 0.3 is 7.82 Å². The van der Waals surface area contributed by atoms with Gasteiger partial charge in [-0.2, -0.15) is 0 Å². The second-order valence-electron chi connectivity index (χ2n) is 13.3. The van der Waals surface area contributed by atoms with Crippen molar-refractivity contribution in [2.45, 2.75) is 194 Å². The maximum absolute atomic E-state index is 13.4. The van der Waals surface area contributed by atoms with Crippen LogP contribution in [0, 0.1) is 0 Å². The number of phosphoric ester groups is 1. The molecule has 0 unspecified atom stereocenters. The lowest BCUT2D eigenvalue weighted by Gasteiger charge is -2.18. The van der Waals surface area contributed by atoms with Gasteiger partial charge in [0.2, 0.25) is 0 Å². The van der Waals surface area contributed by atoms with Crippen LogP contribution < -0.4 is 0 Å². The van der Waals surface area contributed by atoms with Gasteiger partial charge in [0.1, 0.15) is 0 Å². The van der Waals surface area contributed by atoms with E-state index in [2.05, 4.69) is 20.8 Å². The Hall–Kier alpha value is -0.0100. The van der Waals surface area contributed by atoms with Crippen molar-refractivity contribution in [1.82, 2.24) is 0 Å². The topological polar surface area (TPSA) is 72.5 Å². The molecule has 0 spiro atoms. The van der Waals surface area contributed by atoms with E-state index in [1.54, 1.807) is 0 Å².